The van der Waals surface area contributed by atoms with Crippen molar-refractivity contribution in [2.24, 2.45) is 0 Å². The van der Waals surface area contributed by atoms with Crippen LogP contribution in [0.2, 0.25) is 0 Å². The molecular weight excluding hydrogens is 438 g/mol. The number of hydrogen-bond acceptors (Lipinski definition) is 6. The molecule has 180 valence electrons. The Bertz CT molecular complexity index is 1160. The third-order valence-corrected chi connectivity index (χ3v) is 5.63. The van der Waals surface area contributed by atoms with Gasteiger partial charge >= 0.3 is 18.0 Å². The summed E-state index contributed by atoms with van der Waals surface area (Å²) in [5, 5.41) is 0. The van der Waals surface area contributed by atoms with Gasteiger partial charge in [-0.3, -0.25) is 0 Å². The summed E-state index contributed by atoms with van der Waals surface area (Å²) in [7, 11) is 0. The van der Waals surface area contributed by atoms with Crippen LogP contribution < -0.4 is 14.2 Å². The lowest BCUT2D eigenvalue weighted by Crippen LogP contribution is -2.01. The molecule has 4 rings (SSSR count). The molecule has 0 atom stereocenters. The van der Waals surface area contributed by atoms with Crippen molar-refractivity contribution in [1.82, 2.24) is 15.0 Å². The molecular formula is C29H31N3O3. The van der Waals surface area contributed by atoms with Crippen molar-refractivity contribution in [3.05, 3.63) is 89.5 Å². The molecule has 0 aliphatic carbocycles. The van der Waals surface area contributed by atoms with Crippen molar-refractivity contribution in [3.63, 3.8) is 0 Å². The summed E-state index contributed by atoms with van der Waals surface area (Å²) in [5.74, 6) is 2.72. The van der Waals surface area contributed by atoms with Crippen molar-refractivity contribution < 1.29 is 14.2 Å². The largest absolute Gasteiger partial charge is 0.424 e. The predicted octanol–water partition coefficient (Wildman–Crippen LogP) is 8.06. The summed E-state index contributed by atoms with van der Waals surface area (Å²) in [4.78, 5) is 13.1. The van der Waals surface area contributed by atoms with Crippen LogP contribution in [0.25, 0.3) is 0 Å². The van der Waals surface area contributed by atoms with Gasteiger partial charge in [0.15, 0.2) is 0 Å². The van der Waals surface area contributed by atoms with Gasteiger partial charge in [0.2, 0.25) is 0 Å². The lowest BCUT2D eigenvalue weighted by atomic mass is 10.0. The molecule has 0 radical (unpaired) electrons. The second kappa shape index (κ2) is 11.0. The molecule has 4 aromatic rings. The van der Waals surface area contributed by atoms with Crippen molar-refractivity contribution in [2.45, 2.75) is 52.9 Å². The molecule has 6 nitrogen and oxygen atoms in total. The average Bonchev–Trinajstić information content (AvgIpc) is 2.85. The Balaban J connectivity index is 1.61. The van der Waals surface area contributed by atoms with Crippen LogP contribution in [0.1, 0.15) is 63.1 Å². The van der Waals surface area contributed by atoms with Gasteiger partial charge in [-0.25, -0.2) is 0 Å². The van der Waals surface area contributed by atoms with E-state index in [1.54, 1.807) is 0 Å². The zero-order valence-electron chi connectivity index (χ0n) is 20.9. The molecule has 0 amide bonds. The second-order valence-corrected chi connectivity index (χ2v) is 8.93. The van der Waals surface area contributed by atoms with E-state index in [9.17, 15) is 0 Å². The van der Waals surface area contributed by atoms with Gasteiger partial charge in [-0.15, -0.1) is 15.0 Å². The molecule has 35 heavy (non-hydrogen) atoms. The Morgan fingerprint density at radius 1 is 0.514 bits per heavy atom. The molecule has 0 fully saturated rings. The monoisotopic (exact) mass is 469 g/mol. The number of nitrogens with zero attached hydrogens (tertiary/aromatic N) is 3. The predicted molar refractivity (Wildman–Crippen MR) is 137 cm³/mol. The molecule has 0 saturated heterocycles. The number of aryl methyl sites for hydroxylation is 1. The molecule has 0 aliphatic rings. The van der Waals surface area contributed by atoms with Crippen LogP contribution in [-0.2, 0) is 6.42 Å². The average molecular weight is 470 g/mol. The molecule has 0 bridgehead atoms. The fraction of sp³-hybridized carbons (Fsp3) is 0.276. The van der Waals surface area contributed by atoms with E-state index >= 15 is 0 Å². The number of aromatic nitrogens is 3. The van der Waals surface area contributed by atoms with E-state index < -0.39 is 0 Å². The Morgan fingerprint density at radius 3 is 1.11 bits per heavy atom. The Kier molecular flexibility index (Phi) is 7.60. The van der Waals surface area contributed by atoms with Gasteiger partial charge < -0.3 is 14.2 Å². The van der Waals surface area contributed by atoms with Gasteiger partial charge in [-0.2, -0.15) is 0 Å². The quantitative estimate of drug-likeness (QED) is 0.247. The molecule has 0 saturated carbocycles. The topological polar surface area (TPSA) is 66.4 Å². The number of rotatable bonds is 9. The second-order valence-electron chi connectivity index (χ2n) is 8.93. The third-order valence-electron chi connectivity index (χ3n) is 5.63. The van der Waals surface area contributed by atoms with Crippen LogP contribution in [0.4, 0.5) is 0 Å². The van der Waals surface area contributed by atoms with Crippen molar-refractivity contribution in [3.8, 4) is 35.3 Å². The Labute approximate surface area is 207 Å². The molecule has 6 heteroatoms. The van der Waals surface area contributed by atoms with Crippen LogP contribution in [0, 0.1) is 0 Å². The highest BCUT2D eigenvalue weighted by molar-refractivity contribution is 5.34. The highest BCUT2D eigenvalue weighted by Gasteiger charge is 2.13. The first-order valence-corrected chi connectivity index (χ1v) is 12.0. The SMILES string of the molecule is CCc1ccc(Oc2nc(Oc3ccc(C(C)C)cc3)nc(Oc3ccc(C(C)C)cc3)n2)cc1. The van der Waals surface area contributed by atoms with Gasteiger partial charge in [0.1, 0.15) is 17.2 Å². The standard InChI is InChI=1S/C29H31N3O3/c1-6-21-7-13-24(14-8-21)33-27-30-28(34-25-15-9-22(10-16-25)19(2)3)32-29(31-27)35-26-17-11-23(12-18-26)20(4)5/h7-20H,6H2,1-5H3. The first kappa shape index (κ1) is 24.2. The summed E-state index contributed by atoms with van der Waals surface area (Å²) in [6, 6.07) is 23.8. The lowest BCUT2D eigenvalue weighted by Gasteiger charge is -2.11. The summed E-state index contributed by atoms with van der Waals surface area (Å²) in [5.41, 5.74) is 3.67. The van der Waals surface area contributed by atoms with E-state index in [1.807, 2.05) is 72.8 Å². The van der Waals surface area contributed by atoms with Gasteiger partial charge in [-0.1, -0.05) is 71.0 Å². The third kappa shape index (κ3) is 6.57. The minimum absolute atomic E-state index is 0.0891. The van der Waals surface area contributed by atoms with Gasteiger partial charge in [0, 0.05) is 0 Å². The fourth-order valence-corrected chi connectivity index (χ4v) is 3.41. The summed E-state index contributed by atoms with van der Waals surface area (Å²) in [6.45, 7) is 10.7. The number of ether oxygens (including phenoxy) is 3. The smallest absolute Gasteiger partial charge is 0.331 e. The fourth-order valence-electron chi connectivity index (χ4n) is 3.41. The van der Waals surface area contributed by atoms with Crippen molar-refractivity contribution in [2.75, 3.05) is 0 Å². The number of hydrogen-bond donors (Lipinski definition) is 0. The van der Waals surface area contributed by atoms with Crippen molar-refractivity contribution >= 4 is 0 Å². The van der Waals surface area contributed by atoms with E-state index in [4.69, 9.17) is 14.2 Å². The maximum absolute atomic E-state index is 5.93. The highest BCUT2D eigenvalue weighted by Crippen LogP contribution is 2.28. The van der Waals surface area contributed by atoms with E-state index in [0.29, 0.717) is 29.1 Å². The maximum atomic E-state index is 5.93. The van der Waals surface area contributed by atoms with Crippen LogP contribution >= 0.6 is 0 Å². The maximum Gasteiger partial charge on any atom is 0.331 e. The summed E-state index contributed by atoms with van der Waals surface area (Å²) < 4.78 is 17.8. The highest BCUT2D eigenvalue weighted by atomic mass is 16.5. The van der Waals surface area contributed by atoms with E-state index in [-0.39, 0.29) is 18.0 Å². The zero-order valence-corrected chi connectivity index (χ0v) is 20.9. The van der Waals surface area contributed by atoms with Crippen LogP contribution in [-0.4, -0.2) is 15.0 Å². The van der Waals surface area contributed by atoms with Crippen molar-refractivity contribution in [1.29, 1.82) is 0 Å². The first-order chi connectivity index (χ1) is 16.9. The first-order valence-electron chi connectivity index (χ1n) is 12.0. The van der Waals surface area contributed by atoms with Crippen LogP contribution in [0.3, 0.4) is 0 Å². The molecule has 0 N–H and O–H groups in total. The molecule has 0 unspecified atom stereocenters. The molecule has 0 spiro atoms. The Morgan fingerprint density at radius 2 is 0.829 bits per heavy atom. The zero-order chi connectivity index (χ0) is 24.8. The lowest BCUT2D eigenvalue weighted by molar-refractivity contribution is 0.362. The number of benzene rings is 3. The van der Waals surface area contributed by atoms with E-state index in [1.165, 1.54) is 16.7 Å². The van der Waals surface area contributed by atoms with Gasteiger partial charge in [0.05, 0.1) is 0 Å². The van der Waals surface area contributed by atoms with Crippen LogP contribution in [0.15, 0.2) is 72.8 Å². The van der Waals surface area contributed by atoms with Gasteiger partial charge in [0.25, 0.3) is 0 Å². The molecule has 3 aromatic carbocycles. The summed E-state index contributed by atoms with van der Waals surface area (Å²) in [6.07, 6.45) is 0.952. The molecule has 1 aromatic heterocycles. The van der Waals surface area contributed by atoms with E-state index in [0.717, 1.165) is 6.42 Å². The van der Waals surface area contributed by atoms with Gasteiger partial charge in [-0.05, 0) is 71.3 Å². The van der Waals surface area contributed by atoms with Crippen LogP contribution in [0.5, 0.6) is 35.3 Å². The molecule has 0 aliphatic heterocycles. The normalized spacial score (nSPS) is 11.1. The molecule has 1 heterocycles. The van der Waals surface area contributed by atoms with E-state index in [2.05, 4.69) is 49.6 Å². The minimum atomic E-state index is 0.0891. The minimum Gasteiger partial charge on any atom is -0.424 e. The Hall–Kier alpha value is -3.93. The summed E-state index contributed by atoms with van der Waals surface area (Å²) >= 11 is 0.